The minimum absolute atomic E-state index is 0.105. The number of nitrogens with one attached hydrogen (secondary N) is 1. The number of fused-ring (bicyclic) bond motifs is 5. The molecule has 1 amide bonds. The molecule has 0 aliphatic heterocycles. The molecule has 126 valence electrons. The van der Waals surface area contributed by atoms with Gasteiger partial charge in [-0.25, -0.2) is 14.5 Å². The fraction of sp³-hybridized carbons (Fsp3) is 0.500. The summed E-state index contributed by atoms with van der Waals surface area (Å²) < 4.78 is 1.58. The molecule has 0 spiro atoms. The number of thiophene rings is 1. The first kappa shape index (κ1) is 15.5. The average molecular weight is 345 g/mol. The molecule has 0 saturated carbocycles. The summed E-state index contributed by atoms with van der Waals surface area (Å²) in [6.45, 7) is 4.05. The fourth-order valence-electron chi connectivity index (χ4n) is 3.16. The van der Waals surface area contributed by atoms with E-state index in [4.69, 9.17) is 0 Å². The lowest BCUT2D eigenvalue weighted by atomic mass is 9.89. The molecule has 0 unspecified atom stereocenters. The Bertz CT molecular complexity index is 929. The van der Waals surface area contributed by atoms with Crippen LogP contribution in [0, 0.1) is 5.92 Å². The molecule has 0 bridgehead atoms. The van der Waals surface area contributed by atoms with Crippen molar-refractivity contribution in [1.29, 1.82) is 0 Å². The third-order valence-electron chi connectivity index (χ3n) is 4.39. The summed E-state index contributed by atoms with van der Waals surface area (Å²) in [6, 6.07) is 0. The molecule has 2 N–H and O–H groups in total. The van der Waals surface area contributed by atoms with Crippen LogP contribution in [0.2, 0.25) is 0 Å². The van der Waals surface area contributed by atoms with E-state index in [-0.39, 0.29) is 18.3 Å². The quantitative estimate of drug-likeness (QED) is 0.752. The van der Waals surface area contributed by atoms with Gasteiger partial charge in [0.15, 0.2) is 5.65 Å². The summed E-state index contributed by atoms with van der Waals surface area (Å²) in [5.74, 6) is 0.367. The Morgan fingerprint density at radius 2 is 2.42 bits per heavy atom. The maximum Gasteiger partial charge on any atom is 0.291 e. The number of rotatable bonds is 3. The molecule has 4 rings (SSSR count). The zero-order chi connectivity index (χ0) is 16.8. The van der Waals surface area contributed by atoms with E-state index in [0.29, 0.717) is 11.6 Å². The van der Waals surface area contributed by atoms with Gasteiger partial charge in [0, 0.05) is 11.4 Å². The van der Waals surface area contributed by atoms with Crippen LogP contribution in [0.1, 0.15) is 41.3 Å². The van der Waals surface area contributed by atoms with Gasteiger partial charge in [-0.3, -0.25) is 4.79 Å². The van der Waals surface area contributed by atoms with Crippen LogP contribution >= 0.6 is 11.3 Å². The van der Waals surface area contributed by atoms with Crippen LogP contribution in [0.3, 0.4) is 0 Å². The van der Waals surface area contributed by atoms with Crippen LogP contribution in [0.4, 0.5) is 0 Å². The standard InChI is InChI=1S/C16H19N5O2S/c1-8-3-4-11-10(5-8)12-14-19-13(15(23)17-6-9(2)22)20-21(14)7-18-16(12)24-11/h7-9,22H,3-6H2,1-2H3,(H,17,23)/t8-,9-/m0/s1. The van der Waals surface area contributed by atoms with Crippen LogP contribution in [0.5, 0.6) is 0 Å². The molecular formula is C16H19N5O2S. The van der Waals surface area contributed by atoms with Gasteiger partial charge in [0.2, 0.25) is 5.82 Å². The summed E-state index contributed by atoms with van der Waals surface area (Å²) >= 11 is 1.72. The van der Waals surface area contributed by atoms with Crippen molar-refractivity contribution >= 4 is 33.1 Å². The molecule has 24 heavy (non-hydrogen) atoms. The lowest BCUT2D eigenvalue weighted by molar-refractivity contribution is 0.0914. The highest BCUT2D eigenvalue weighted by Crippen LogP contribution is 2.38. The monoisotopic (exact) mass is 345 g/mol. The maximum absolute atomic E-state index is 12.2. The smallest absolute Gasteiger partial charge is 0.291 e. The predicted octanol–water partition coefficient (Wildman–Crippen LogP) is 1.57. The summed E-state index contributed by atoms with van der Waals surface area (Å²) in [7, 11) is 0. The number of nitrogens with zero attached hydrogens (tertiary/aromatic N) is 4. The van der Waals surface area contributed by atoms with Crippen molar-refractivity contribution < 1.29 is 9.90 Å². The van der Waals surface area contributed by atoms with Gasteiger partial charge in [-0.05, 0) is 37.7 Å². The molecule has 0 fully saturated rings. The van der Waals surface area contributed by atoms with Crippen molar-refractivity contribution in [3.8, 4) is 0 Å². The molecule has 3 aromatic heterocycles. The van der Waals surface area contributed by atoms with Gasteiger partial charge in [-0.15, -0.1) is 16.4 Å². The summed E-state index contributed by atoms with van der Waals surface area (Å²) in [5, 5.41) is 17.2. The highest BCUT2D eigenvalue weighted by atomic mass is 32.1. The Kier molecular flexibility index (Phi) is 3.73. The van der Waals surface area contributed by atoms with E-state index in [1.165, 1.54) is 16.9 Å². The zero-order valence-electron chi connectivity index (χ0n) is 13.6. The second kappa shape index (κ2) is 5.78. The van der Waals surface area contributed by atoms with Crippen molar-refractivity contribution in [2.75, 3.05) is 6.54 Å². The first-order valence-electron chi connectivity index (χ1n) is 8.15. The fourth-order valence-corrected chi connectivity index (χ4v) is 4.34. The van der Waals surface area contributed by atoms with Crippen molar-refractivity contribution in [2.24, 2.45) is 5.92 Å². The number of aryl methyl sites for hydroxylation is 1. The third-order valence-corrected chi connectivity index (χ3v) is 5.59. The molecule has 3 aromatic rings. The van der Waals surface area contributed by atoms with Gasteiger partial charge in [0.25, 0.3) is 5.91 Å². The van der Waals surface area contributed by atoms with Crippen molar-refractivity contribution in [3.05, 3.63) is 22.6 Å². The number of aromatic nitrogens is 4. The van der Waals surface area contributed by atoms with Crippen LogP contribution in [-0.4, -0.2) is 43.2 Å². The molecule has 3 heterocycles. The van der Waals surface area contributed by atoms with Gasteiger partial charge in [-0.1, -0.05) is 6.92 Å². The second-order valence-corrected chi connectivity index (χ2v) is 7.62. The lowest BCUT2D eigenvalue weighted by Crippen LogP contribution is -2.31. The van der Waals surface area contributed by atoms with Crippen LogP contribution in [0.25, 0.3) is 15.9 Å². The highest BCUT2D eigenvalue weighted by Gasteiger charge is 2.24. The minimum Gasteiger partial charge on any atom is -0.392 e. The summed E-state index contributed by atoms with van der Waals surface area (Å²) in [5.41, 5.74) is 2.00. The molecule has 1 aliphatic carbocycles. The van der Waals surface area contributed by atoms with Gasteiger partial charge >= 0.3 is 0 Å². The number of aliphatic hydroxyl groups is 1. The highest BCUT2D eigenvalue weighted by molar-refractivity contribution is 7.19. The largest absolute Gasteiger partial charge is 0.392 e. The van der Waals surface area contributed by atoms with E-state index < -0.39 is 6.10 Å². The van der Waals surface area contributed by atoms with E-state index in [2.05, 4.69) is 27.3 Å². The first-order valence-corrected chi connectivity index (χ1v) is 8.96. The van der Waals surface area contributed by atoms with E-state index >= 15 is 0 Å². The SMILES string of the molecule is C[C@H]1CCc2sc3ncn4nc(C(=O)NC[C@H](C)O)nc4c3c2C1. The van der Waals surface area contributed by atoms with E-state index in [0.717, 1.165) is 23.1 Å². The van der Waals surface area contributed by atoms with Crippen LogP contribution in [-0.2, 0) is 12.8 Å². The van der Waals surface area contributed by atoms with Gasteiger partial charge in [0.1, 0.15) is 11.2 Å². The van der Waals surface area contributed by atoms with Crippen molar-refractivity contribution in [3.63, 3.8) is 0 Å². The van der Waals surface area contributed by atoms with Crippen LogP contribution < -0.4 is 5.32 Å². The minimum atomic E-state index is -0.607. The predicted molar refractivity (Wildman–Crippen MR) is 91.4 cm³/mol. The molecule has 0 aromatic carbocycles. The van der Waals surface area contributed by atoms with Gasteiger partial charge in [-0.2, -0.15) is 0 Å². The Hall–Kier alpha value is -2.06. The number of hydrogen-bond acceptors (Lipinski definition) is 6. The molecule has 2 atom stereocenters. The molecule has 0 saturated heterocycles. The normalized spacial score (nSPS) is 18.7. The average Bonchev–Trinajstić information content (AvgIpc) is 3.12. The third kappa shape index (κ3) is 2.55. The number of carbonyl (C=O) groups is 1. The summed E-state index contributed by atoms with van der Waals surface area (Å²) in [6.07, 6.45) is 4.31. The van der Waals surface area contributed by atoms with E-state index in [9.17, 15) is 9.90 Å². The molecular weight excluding hydrogens is 326 g/mol. The topological polar surface area (TPSA) is 92.4 Å². The number of aliphatic hydroxyl groups excluding tert-OH is 1. The lowest BCUT2D eigenvalue weighted by Gasteiger charge is -2.17. The molecule has 7 nitrogen and oxygen atoms in total. The number of carbonyl (C=O) groups excluding carboxylic acids is 1. The first-order chi connectivity index (χ1) is 11.5. The number of hydrogen-bond donors (Lipinski definition) is 2. The van der Waals surface area contributed by atoms with E-state index in [1.807, 2.05) is 0 Å². The Labute approximate surface area is 142 Å². The second-order valence-electron chi connectivity index (χ2n) is 6.54. The van der Waals surface area contributed by atoms with Gasteiger partial charge in [0.05, 0.1) is 11.5 Å². The zero-order valence-corrected chi connectivity index (χ0v) is 14.4. The molecule has 0 radical (unpaired) electrons. The Morgan fingerprint density at radius 1 is 1.58 bits per heavy atom. The van der Waals surface area contributed by atoms with Crippen molar-refractivity contribution in [1.82, 2.24) is 24.9 Å². The van der Waals surface area contributed by atoms with Gasteiger partial charge < -0.3 is 10.4 Å². The Balaban J connectivity index is 1.80. The van der Waals surface area contributed by atoms with Crippen LogP contribution in [0.15, 0.2) is 6.33 Å². The maximum atomic E-state index is 12.2. The Morgan fingerprint density at radius 3 is 3.21 bits per heavy atom. The van der Waals surface area contributed by atoms with E-state index in [1.54, 1.807) is 29.1 Å². The summed E-state index contributed by atoms with van der Waals surface area (Å²) in [4.78, 5) is 23.4. The van der Waals surface area contributed by atoms with Crippen molar-refractivity contribution in [2.45, 2.75) is 39.2 Å². The molecule has 1 aliphatic rings. The number of amides is 1. The molecule has 8 heteroatoms.